The molecule has 5 nitrogen and oxygen atoms in total. The Morgan fingerprint density at radius 3 is 3.09 bits per heavy atom. The summed E-state index contributed by atoms with van der Waals surface area (Å²) >= 11 is 3.27. The zero-order valence-electron chi connectivity index (χ0n) is 12.6. The van der Waals surface area contributed by atoms with Crippen molar-refractivity contribution < 1.29 is 9.53 Å². The molecule has 0 fully saturated rings. The smallest absolute Gasteiger partial charge is 0.323 e. The number of fused-ring (bicyclic) bond motifs is 1. The molecule has 0 radical (unpaired) electrons. The van der Waals surface area contributed by atoms with Crippen molar-refractivity contribution >= 4 is 39.4 Å². The zero-order chi connectivity index (χ0) is 15.6. The van der Waals surface area contributed by atoms with E-state index in [4.69, 9.17) is 4.74 Å². The van der Waals surface area contributed by atoms with Gasteiger partial charge in [0.15, 0.2) is 5.13 Å². The van der Waals surface area contributed by atoms with Gasteiger partial charge in [-0.3, -0.25) is 5.32 Å². The van der Waals surface area contributed by atoms with Gasteiger partial charge in [-0.25, -0.2) is 9.78 Å². The molecule has 4 heterocycles. The Morgan fingerprint density at radius 1 is 1.39 bits per heavy atom. The zero-order valence-corrected chi connectivity index (χ0v) is 14.2. The van der Waals surface area contributed by atoms with Crippen molar-refractivity contribution in [2.75, 3.05) is 25.0 Å². The average Bonchev–Trinajstić information content (AvgIpc) is 3.24. The van der Waals surface area contributed by atoms with Crippen LogP contribution in [0, 0.1) is 0 Å². The summed E-state index contributed by atoms with van der Waals surface area (Å²) in [7, 11) is 0. The molecule has 2 amide bonds. The first-order chi connectivity index (χ1) is 11.3. The number of hydrogen-bond acceptors (Lipinski definition) is 5. The number of ether oxygens (including phenoxy) is 1. The fraction of sp³-hybridized carbons (Fsp3) is 0.375. The number of carbonyl (C=O) groups is 1. The third-order valence-electron chi connectivity index (χ3n) is 4.04. The highest BCUT2D eigenvalue weighted by Crippen LogP contribution is 2.28. The van der Waals surface area contributed by atoms with E-state index in [0.29, 0.717) is 24.9 Å². The first-order valence-electron chi connectivity index (χ1n) is 7.65. The number of thiazole rings is 1. The molecule has 1 N–H and O–H groups in total. The molecule has 0 aliphatic carbocycles. The molecule has 0 bridgehead atoms. The summed E-state index contributed by atoms with van der Waals surface area (Å²) in [4.78, 5) is 21.2. The lowest BCUT2D eigenvalue weighted by atomic mass is 10.1. The Kier molecular flexibility index (Phi) is 4.15. The first kappa shape index (κ1) is 14.9. The van der Waals surface area contributed by atoms with Crippen LogP contribution in [0.4, 0.5) is 9.93 Å². The third kappa shape index (κ3) is 3.17. The number of rotatable bonds is 2. The topological polar surface area (TPSA) is 54.5 Å². The van der Waals surface area contributed by atoms with Crippen molar-refractivity contribution in [1.29, 1.82) is 0 Å². The minimum absolute atomic E-state index is 0.0708. The number of anilines is 1. The Labute approximate surface area is 142 Å². The lowest BCUT2D eigenvalue weighted by Gasteiger charge is -2.25. The number of aromatic nitrogens is 1. The van der Waals surface area contributed by atoms with E-state index in [1.165, 1.54) is 21.8 Å². The highest BCUT2D eigenvalue weighted by Gasteiger charge is 2.21. The summed E-state index contributed by atoms with van der Waals surface area (Å²) < 4.78 is 5.42. The van der Waals surface area contributed by atoms with E-state index >= 15 is 0 Å². The van der Waals surface area contributed by atoms with Crippen molar-refractivity contribution in [2.24, 2.45) is 0 Å². The van der Waals surface area contributed by atoms with Crippen LogP contribution in [0.25, 0.3) is 5.57 Å². The summed E-state index contributed by atoms with van der Waals surface area (Å²) in [6, 6.07) is 4.13. The van der Waals surface area contributed by atoms with Crippen molar-refractivity contribution in [2.45, 2.75) is 19.4 Å². The quantitative estimate of drug-likeness (QED) is 0.903. The Morgan fingerprint density at radius 2 is 2.35 bits per heavy atom. The number of thiophene rings is 1. The molecular weight excluding hydrogens is 330 g/mol. The van der Waals surface area contributed by atoms with Crippen LogP contribution in [-0.4, -0.2) is 35.6 Å². The number of nitrogens with zero attached hydrogens (tertiary/aromatic N) is 2. The molecule has 0 atom stereocenters. The predicted molar refractivity (Wildman–Crippen MR) is 93.0 cm³/mol. The van der Waals surface area contributed by atoms with E-state index < -0.39 is 0 Å². The van der Waals surface area contributed by atoms with Crippen LogP contribution in [0.5, 0.6) is 0 Å². The first-order valence-corrected chi connectivity index (χ1v) is 9.34. The second kappa shape index (κ2) is 6.43. The van der Waals surface area contributed by atoms with Crippen LogP contribution in [0.15, 0.2) is 23.6 Å². The molecule has 2 aromatic rings. The summed E-state index contributed by atoms with van der Waals surface area (Å²) in [5.74, 6) is 0. The van der Waals surface area contributed by atoms with E-state index in [9.17, 15) is 4.79 Å². The molecule has 0 saturated carbocycles. The SMILES string of the molecule is O=C(Nc1nc2c(s1)COCC2)N1CC=C(c2cccs2)CC1. The molecule has 120 valence electrons. The Hall–Kier alpha value is -1.70. The maximum absolute atomic E-state index is 12.4. The standard InChI is InChI=1S/C16H17N3O2S2/c20-16(18-15-17-12-5-8-21-10-14(12)23-15)19-6-3-11(4-7-19)13-2-1-9-22-13/h1-3,9H,4-8,10H2,(H,17,18,20). The third-order valence-corrected chi connectivity index (χ3v) is 5.97. The van der Waals surface area contributed by atoms with Crippen LogP contribution in [0.3, 0.4) is 0 Å². The van der Waals surface area contributed by atoms with Crippen LogP contribution in [0.2, 0.25) is 0 Å². The van der Waals surface area contributed by atoms with E-state index in [1.807, 2.05) is 4.90 Å². The summed E-state index contributed by atoms with van der Waals surface area (Å²) in [5.41, 5.74) is 2.40. The van der Waals surface area contributed by atoms with Gasteiger partial charge in [0.2, 0.25) is 0 Å². The minimum Gasteiger partial charge on any atom is -0.375 e. The fourth-order valence-corrected chi connectivity index (χ4v) is 4.52. The second-order valence-corrected chi connectivity index (χ2v) is 7.56. The van der Waals surface area contributed by atoms with Crippen LogP contribution < -0.4 is 5.32 Å². The number of nitrogens with one attached hydrogen (secondary N) is 1. The molecule has 2 aliphatic heterocycles. The molecule has 4 rings (SSSR count). The van der Waals surface area contributed by atoms with Gasteiger partial charge in [-0.15, -0.1) is 11.3 Å². The van der Waals surface area contributed by atoms with Crippen LogP contribution in [-0.2, 0) is 17.8 Å². The lowest BCUT2D eigenvalue weighted by molar-refractivity contribution is 0.112. The summed E-state index contributed by atoms with van der Waals surface area (Å²) in [6.45, 7) is 2.71. The molecule has 0 saturated heterocycles. The molecule has 2 aromatic heterocycles. The van der Waals surface area contributed by atoms with Crippen molar-refractivity contribution in [3.8, 4) is 0 Å². The molecule has 0 aromatic carbocycles. The maximum Gasteiger partial charge on any atom is 0.323 e. The largest absolute Gasteiger partial charge is 0.375 e. The van der Waals surface area contributed by atoms with Crippen molar-refractivity contribution in [1.82, 2.24) is 9.88 Å². The molecular formula is C16H17N3O2S2. The number of hydrogen-bond donors (Lipinski definition) is 1. The van der Waals surface area contributed by atoms with Gasteiger partial charge >= 0.3 is 6.03 Å². The fourth-order valence-electron chi connectivity index (χ4n) is 2.79. The normalized spacial score (nSPS) is 17.6. The summed E-state index contributed by atoms with van der Waals surface area (Å²) in [5, 5.41) is 5.70. The van der Waals surface area contributed by atoms with Gasteiger partial charge < -0.3 is 9.64 Å². The average molecular weight is 347 g/mol. The van der Waals surface area contributed by atoms with E-state index in [0.717, 1.165) is 30.0 Å². The van der Waals surface area contributed by atoms with Gasteiger partial charge in [0.25, 0.3) is 0 Å². The molecule has 23 heavy (non-hydrogen) atoms. The van der Waals surface area contributed by atoms with Gasteiger partial charge in [-0.2, -0.15) is 0 Å². The van der Waals surface area contributed by atoms with E-state index in [1.54, 1.807) is 11.3 Å². The monoisotopic (exact) mass is 347 g/mol. The number of urea groups is 1. The number of carbonyl (C=O) groups excluding carboxylic acids is 1. The summed E-state index contributed by atoms with van der Waals surface area (Å²) in [6.07, 6.45) is 3.88. The number of amides is 2. The second-order valence-electron chi connectivity index (χ2n) is 5.52. The molecule has 2 aliphatic rings. The Bertz CT molecular complexity index is 713. The van der Waals surface area contributed by atoms with Gasteiger partial charge in [0.1, 0.15) is 0 Å². The minimum atomic E-state index is -0.0708. The van der Waals surface area contributed by atoms with Crippen molar-refractivity contribution in [3.05, 3.63) is 39.0 Å². The lowest BCUT2D eigenvalue weighted by Crippen LogP contribution is -2.37. The van der Waals surface area contributed by atoms with Crippen LogP contribution in [0.1, 0.15) is 21.9 Å². The van der Waals surface area contributed by atoms with Gasteiger partial charge in [0, 0.05) is 24.4 Å². The molecule has 0 spiro atoms. The molecule has 0 unspecified atom stereocenters. The predicted octanol–water partition coefficient (Wildman–Crippen LogP) is 3.60. The maximum atomic E-state index is 12.4. The highest BCUT2D eigenvalue weighted by atomic mass is 32.1. The van der Waals surface area contributed by atoms with Gasteiger partial charge in [-0.1, -0.05) is 23.5 Å². The highest BCUT2D eigenvalue weighted by molar-refractivity contribution is 7.15. The van der Waals surface area contributed by atoms with Gasteiger partial charge in [-0.05, 0) is 23.4 Å². The van der Waals surface area contributed by atoms with Crippen LogP contribution >= 0.6 is 22.7 Å². The molecule has 7 heteroatoms. The van der Waals surface area contributed by atoms with Gasteiger partial charge in [0.05, 0.1) is 23.8 Å². The van der Waals surface area contributed by atoms with Crippen molar-refractivity contribution in [3.63, 3.8) is 0 Å². The van der Waals surface area contributed by atoms with E-state index in [-0.39, 0.29) is 6.03 Å². The van der Waals surface area contributed by atoms with E-state index in [2.05, 4.69) is 33.9 Å². The Balaban J connectivity index is 1.39.